The molecule has 0 spiro atoms. The van der Waals surface area contributed by atoms with Crippen molar-refractivity contribution in [3.8, 4) is 0 Å². The lowest BCUT2D eigenvalue weighted by Crippen LogP contribution is -2.58. The summed E-state index contributed by atoms with van der Waals surface area (Å²) >= 11 is 0. The lowest BCUT2D eigenvalue weighted by Gasteiger charge is -2.41. The minimum absolute atomic E-state index is 0.0173. The number of halogens is 1. The molecule has 11 nitrogen and oxygen atoms in total. The highest BCUT2D eigenvalue weighted by Gasteiger charge is 2.60. The number of rotatable bonds is 9. The lowest BCUT2D eigenvalue weighted by molar-refractivity contribution is -0.384. The summed E-state index contributed by atoms with van der Waals surface area (Å²) < 4.78 is 27.5. The summed E-state index contributed by atoms with van der Waals surface area (Å²) in [4.78, 5) is 68.0. The van der Waals surface area contributed by atoms with Crippen molar-refractivity contribution in [2.75, 3.05) is 20.1 Å². The van der Waals surface area contributed by atoms with Crippen LogP contribution in [0.15, 0.2) is 30.5 Å². The molecule has 0 radical (unpaired) electrons. The Kier molecular flexibility index (Phi) is 12.5. The average molecular weight is 674 g/mol. The van der Waals surface area contributed by atoms with Crippen LogP contribution in [0.1, 0.15) is 93.1 Å². The molecule has 1 amide bonds. The number of nitro benzene ring substituents is 1. The van der Waals surface area contributed by atoms with Crippen molar-refractivity contribution in [1.82, 2.24) is 9.80 Å². The molecule has 1 aromatic carbocycles. The third-order valence-electron chi connectivity index (χ3n) is 10.0. The van der Waals surface area contributed by atoms with E-state index in [4.69, 9.17) is 9.47 Å². The molecule has 2 saturated heterocycles. The van der Waals surface area contributed by atoms with E-state index in [-0.39, 0.29) is 30.4 Å². The van der Waals surface area contributed by atoms with Gasteiger partial charge in [0.25, 0.3) is 11.4 Å². The van der Waals surface area contributed by atoms with E-state index < -0.39 is 63.9 Å². The number of carbonyl (C=O) groups excluding carboxylic acids is 4. The summed E-state index contributed by atoms with van der Waals surface area (Å²) in [5.41, 5.74) is -2.75. The Hall–Kier alpha value is -3.83. The largest absolute Gasteiger partial charge is 0.455 e. The van der Waals surface area contributed by atoms with E-state index in [9.17, 15) is 29.3 Å². The van der Waals surface area contributed by atoms with Gasteiger partial charge in [-0.3, -0.25) is 19.7 Å². The molecule has 1 aromatic rings. The number of hydrogen-bond acceptors (Lipinski definition) is 9. The Morgan fingerprint density at radius 1 is 1.10 bits per heavy atom. The number of hydrogen-bond donors (Lipinski definition) is 0. The van der Waals surface area contributed by atoms with E-state index in [1.807, 2.05) is 45.0 Å². The van der Waals surface area contributed by atoms with Gasteiger partial charge in [-0.1, -0.05) is 46.8 Å². The van der Waals surface area contributed by atoms with Crippen molar-refractivity contribution < 1.29 is 38.0 Å². The lowest BCUT2D eigenvalue weighted by atomic mass is 9.75. The molecular formula is C36H52FN3O8. The molecule has 48 heavy (non-hydrogen) atoms. The number of ketones is 2. The van der Waals surface area contributed by atoms with Crippen molar-refractivity contribution in [2.24, 2.45) is 23.7 Å². The van der Waals surface area contributed by atoms with Gasteiger partial charge in [-0.25, -0.2) is 14.0 Å². The summed E-state index contributed by atoms with van der Waals surface area (Å²) in [5.74, 6) is -4.18. The molecule has 0 aliphatic carbocycles. The van der Waals surface area contributed by atoms with Crippen molar-refractivity contribution in [1.29, 1.82) is 0 Å². The van der Waals surface area contributed by atoms with Gasteiger partial charge < -0.3 is 19.3 Å². The Labute approximate surface area is 283 Å². The van der Waals surface area contributed by atoms with E-state index in [1.165, 1.54) is 17.0 Å². The van der Waals surface area contributed by atoms with Gasteiger partial charge in [0.1, 0.15) is 11.9 Å². The normalized spacial score (nSPS) is 32.3. The van der Waals surface area contributed by atoms with Crippen LogP contribution in [0.3, 0.4) is 0 Å². The molecule has 0 saturated carbocycles. The SMILES string of the molecule is CC[C@H]1OC(=O)[C@@](C)(F)C(=O)[C@H](C)C[C@@H](C)C[C@@H](C)C(=O)[C@H](C)C2N(CCCCN(C)/C=C(\C)c3cccc([N+](=O)[O-])c3)C(=O)O[C@@]21C. The Bertz CT molecular complexity index is 1410. The molecule has 8 atom stereocenters. The first-order valence-electron chi connectivity index (χ1n) is 17.0. The number of cyclic esters (lactones) is 1. The van der Waals surface area contributed by atoms with E-state index in [2.05, 4.69) is 0 Å². The zero-order valence-corrected chi connectivity index (χ0v) is 29.8. The fourth-order valence-corrected chi connectivity index (χ4v) is 7.50. The maximum Gasteiger partial charge on any atom is 0.410 e. The number of allylic oxidation sites excluding steroid dienone is 1. The topological polar surface area (TPSA) is 136 Å². The number of nitrogens with zero attached hydrogens (tertiary/aromatic N) is 3. The van der Waals surface area contributed by atoms with E-state index in [0.29, 0.717) is 32.2 Å². The first-order chi connectivity index (χ1) is 22.3. The minimum atomic E-state index is -2.88. The standard InChI is InChI=1S/C36H52FN3O8/c1-10-29-36(8)31(26(6)30(41)23(3)18-22(2)19-24(4)32(42)35(7,37)33(43)47-29)39(34(44)48-36)17-12-11-16-38(9)21-25(5)27-14-13-15-28(20-27)40(45)46/h13-15,20-24,26,29,31H,10-12,16-19H2,1-9H3/b25-21+/t22-,23+,24+,26-,29+,31?,35-,36+/m0/s1. The summed E-state index contributed by atoms with van der Waals surface area (Å²) in [6, 6.07) is 5.63. The van der Waals surface area contributed by atoms with E-state index in [1.54, 1.807) is 33.8 Å². The van der Waals surface area contributed by atoms with Gasteiger partial charge in [0.05, 0.1) is 11.0 Å². The molecule has 0 N–H and O–H groups in total. The van der Waals surface area contributed by atoms with Crippen LogP contribution in [0.4, 0.5) is 14.9 Å². The zero-order valence-electron chi connectivity index (χ0n) is 29.8. The maximum absolute atomic E-state index is 15.8. The highest BCUT2D eigenvalue weighted by atomic mass is 19.1. The van der Waals surface area contributed by atoms with Crippen LogP contribution in [-0.2, 0) is 23.9 Å². The summed E-state index contributed by atoms with van der Waals surface area (Å²) in [6.45, 7) is 14.1. The fraction of sp³-hybridized carbons (Fsp3) is 0.667. The number of unbranched alkanes of at least 4 members (excludes halogenated alkanes) is 1. The van der Waals surface area contributed by atoms with Crippen LogP contribution in [0.2, 0.25) is 0 Å². The number of fused-ring (bicyclic) bond motifs is 1. The van der Waals surface area contributed by atoms with E-state index in [0.717, 1.165) is 18.1 Å². The second kappa shape index (κ2) is 15.6. The second-order valence-electron chi connectivity index (χ2n) is 14.2. The molecule has 12 heteroatoms. The molecule has 0 aromatic heterocycles. The fourth-order valence-electron chi connectivity index (χ4n) is 7.50. The quantitative estimate of drug-likeness (QED) is 0.0914. The van der Waals surface area contributed by atoms with Crippen molar-refractivity contribution in [3.63, 3.8) is 0 Å². The van der Waals surface area contributed by atoms with Crippen LogP contribution in [-0.4, -0.2) is 81.9 Å². The molecule has 3 rings (SSSR count). The smallest absolute Gasteiger partial charge is 0.410 e. The maximum atomic E-state index is 15.8. The van der Waals surface area contributed by atoms with Crippen molar-refractivity contribution in [2.45, 2.75) is 111 Å². The van der Waals surface area contributed by atoms with Crippen LogP contribution >= 0.6 is 0 Å². The number of alkyl halides is 1. The molecule has 0 bridgehead atoms. The van der Waals surface area contributed by atoms with Gasteiger partial charge in [-0.15, -0.1) is 0 Å². The number of benzene rings is 1. The monoisotopic (exact) mass is 673 g/mol. The van der Waals surface area contributed by atoms with Gasteiger partial charge in [0.2, 0.25) is 0 Å². The van der Waals surface area contributed by atoms with Gasteiger partial charge >= 0.3 is 12.1 Å². The third kappa shape index (κ3) is 8.41. The number of non-ortho nitro benzene ring substituents is 1. The highest BCUT2D eigenvalue weighted by molar-refractivity contribution is 6.07. The molecular weight excluding hydrogens is 621 g/mol. The highest BCUT2D eigenvalue weighted by Crippen LogP contribution is 2.42. The number of nitro groups is 1. The van der Waals surface area contributed by atoms with Gasteiger partial charge in [-0.05, 0) is 69.9 Å². The molecule has 2 aliphatic rings. The second-order valence-corrected chi connectivity index (χ2v) is 14.2. The van der Waals surface area contributed by atoms with Crippen molar-refractivity contribution in [3.05, 3.63) is 46.1 Å². The van der Waals surface area contributed by atoms with Crippen LogP contribution < -0.4 is 0 Å². The molecule has 1 unspecified atom stereocenters. The van der Waals surface area contributed by atoms with Crippen LogP contribution in [0.25, 0.3) is 5.57 Å². The van der Waals surface area contributed by atoms with Gasteiger partial charge in [0, 0.05) is 56.2 Å². The molecule has 266 valence electrons. The summed E-state index contributed by atoms with van der Waals surface area (Å²) in [5, 5.41) is 11.2. The first-order valence-corrected chi connectivity index (χ1v) is 17.0. The molecule has 2 fully saturated rings. The van der Waals surface area contributed by atoms with Crippen LogP contribution in [0.5, 0.6) is 0 Å². The Morgan fingerprint density at radius 2 is 1.75 bits per heavy atom. The number of esters is 1. The van der Waals surface area contributed by atoms with Gasteiger partial charge in [0.15, 0.2) is 11.4 Å². The Morgan fingerprint density at radius 3 is 2.38 bits per heavy atom. The zero-order chi connectivity index (χ0) is 36.1. The summed E-state index contributed by atoms with van der Waals surface area (Å²) in [6.07, 6.45) is 2.34. The first kappa shape index (κ1) is 38.6. The minimum Gasteiger partial charge on any atom is -0.455 e. The van der Waals surface area contributed by atoms with Crippen molar-refractivity contribution >= 4 is 34.9 Å². The van der Waals surface area contributed by atoms with E-state index >= 15 is 4.39 Å². The average Bonchev–Trinajstić information content (AvgIpc) is 3.28. The number of carbonyl (C=O) groups is 4. The van der Waals surface area contributed by atoms with Crippen LogP contribution in [0, 0.1) is 33.8 Å². The predicted molar refractivity (Wildman–Crippen MR) is 180 cm³/mol. The number of amides is 1. The summed E-state index contributed by atoms with van der Waals surface area (Å²) in [7, 11) is 1.90. The third-order valence-corrected chi connectivity index (χ3v) is 10.0. The van der Waals surface area contributed by atoms with Gasteiger partial charge in [-0.2, -0.15) is 0 Å². The number of ether oxygens (including phenoxy) is 2. The Balaban J connectivity index is 1.84. The molecule has 2 heterocycles. The number of Topliss-reactive ketones (excluding diaryl/α,β-unsaturated/α-hetero) is 2. The molecule has 2 aliphatic heterocycles. The predicted octanol–water partition coefficient (Wildman–Crippen LogP) is 6.77.